The van der Waals surface area contributed by atoms with E-state index in [0.29, 0.717) is 12.1 Å². The van der Waals surface area contributed by atoms with Gasteiger partial charge in [0, 0.05) is 6.54 Å². The molecule has 8 heteroatoms. The van der Waals surface area contributed by atoms with Crippen molar-refractivity contribution in [1.29, 1.82) is 0 Å². The van der Waals surface area contributed by atoms with Crippen LogP contribution in [0.3, 0.4) is 0 Å². The molecule has 1 aromatic heterocycles. The Kier molecular flexibility index (Phi) is 13.8. The van der Waals surface area contributed by atoms with E-state index in [1.807, 2.05) is 39.0 Å². The summed E-state index contributed by atoms with van der Waals surface area (Å²) in [4.78, 5) is 28.2. The minimum atomic E-state index is -0.778. The first kappa shape index (κ1) is 27.3. The number of anilines is 1. The zero-order chi connectivity index (χ0) is 23.1. The van der Waals surface area contributed by atoms with Crippen molar-refractivity contribution in [2.45, 2.75) is 59.9 Å². The van der Waals surface area contributed by atoms with Gasteiger partial charge in [0.2, 0.25) is 5.91 Å². The number of benzene rings is 1. The molecular weight excluding hydrogens is 398 g/mol. The number of nitrogen functional groups attached to an aromatic ring is 1. The van der Waals surface area contributed by atoms with Gasteiger partial charge in [0.15, 0.2) is 0 Å². The van der Waals surface area contributed by atoms with Gasteiger partial charge >= 0.3 is 0 Å². The lowest BCUT2D eigenvalue weighted by Crippen LogP contribution is -2.35. The van der Waals surface area contributed by atoms with Crippen LogP contribution in [0, 0.1) is 4.64 Å². The van der Waals surface area contributed by atoms with Crippen molar-refractivity contribution in [3.8, 4) is 0 Å². The van der Waals surface area contributed by atoms with Gasteiger partial charge in [-0.3, -0.25) is 9.59 Å². The van der Waals surface area contributed by atoms with E-state index in [2.05, 4.69) is 24.1 Å². The van der Waals surface area contributed by atoms with Crippen LogP contribution in [-0.4, -0.2) is 27.9 Å². The van der Waals surface area contributed by atoms with Gasteiger partial charge in [0.05, 0.1) is 6.33 Å². The average Bonchev–Trinajstić information content (AvgIpc) is 2.76. The second-order valence-corrected chi connectivity index (χ2v) is 6.57. The van der Waals surface area contributed by atoms with E-state index in [1.165, 1.54) is 23.7 Å². The molecule has 0 bridgehead atoms. The molecule has 0 aliphatic rings. The van der Waals surface area contributed by atoms with Gasteiger partial charge < -0.3 is 21.4 Å². The predicted molar refractivity (Wildman–Crippen MR) is 126 cm³/mol. The first-order chi connectivity index (χ1) is 14.4. The van der Waals surface area contributed by atoms with Gasteiger partial charge in [-0.15, -0.1) is 0 Å². The van der Waals surface area contributed by atoms with Crippen LogP contribution in [0.25, 0.3) is 0 Å². The van der Waals surface area contributed by atoms with Crippen molar-refractivity contribution in [1.82, 2.24) is 14.9 Å². The summed E-state index contributed by atoms with van der Waals surface area (Å²) in [5.74, 6) is -1.08. The summed E-state index contributed by atoms with van der Waals surface area (Å²) in [5.41, 5.74) is 11.7. The van der Waals surface area contributed by atoms with Crippen molar-refractivity contribution < 1.29 is 9.59 Å². The van der Waals surface area contributed by atoms with Gasteiger partial charge in [-0.25, -0.2) is 4.98 Å². The number of aromatic nitrogens is 2. The van der Waals surface area contributed by atoms with Crippen molar-refractivity contribution >= 4 is 29.9 Å². The molecule has 2 rings (SSSR count). The highest BCUT2D eigenvalue weighted by molar-refractivity contribution is 7.71. The van der Waals surface area contributed by atoms with E-state index in [0.717, 1.165) is 6.42 Å². The van der Waals surface area contributed by atoms with E-state index in [1.54, 1.807) is 12.1 Å². The Balaban J connectivity index is 0.00000125. The molecule has 30 heavy (non-hydrogen) atoms. The number of hydrogen-bond acceptors (Lipinski definition) is 5. The van der Waals surface area contributed by atoms with Crippen molar-refractivity contribution in [2.24, 2.45) is 5.73 Å². The van der Waals surface area contributed by atoms with E-state index in [9.17, 15) is 9.59 Å². The molecule has 2 aromatic rings. The molecule has 0 fully saturated rings. The fraction of sp³-hybridized carbons (Fsp3) is 0.455. The normalized spacial score (nSPS) is 10.6. The molecule has 166 valence electrons. The minimum Gasteiger partial charge on any atom is -0.383 e. The maximum absolute atomic E-state index is 12.7. The highest BCUT2D eigenvalue weighted by Gasteiger charge is 2.24. The molecule has 1 unspecified atom stereocenters. The molecule has 0 saturated heterocycles. The Labute approximate surface area is 184 Å². The molecule has 1 aromatic carbocycles. The molecule has 0 aliphatic heterocycles. The van der Waals surface area contributed by atoms with Crippen molar-refractivity contribution in [3.05, 3.63) is 52.4 Å². The van der Waals surface area contributed by atoms with Gasteiger partial charge in [-0.05, 0) is 12.0 Å². The molecule has 0 radical (unpaired) electrons. The van der Waals surface area contributed by atoms with Crippen molar-refractivity contribution in [2.75, 3.05) is 12.3 Å². The summed E-state index contributed by atoms with van der Waals surface area (Å²) in [5, 5.41) is 2.84. The van der Waals surface area contributed by atoms with Crippen LogP contribution in [0.1, 0.15) is 75.8 Å². The third-order valence-corrected chi connectivity index (χ3v) is 4.38. The molecule has 2 amide bonds. The number of primary amides is 1. The lowest BCUT2D eigenvalue weighted by molar-refractivity contribution is -0.123. The molecule has 0 saturated carbocycles. The average molecular weight is 434 g/mol. The fourth-order valence-electron chi connectivity index (χ4n) is 2.31. The molecule has 7 nitrogen and oxygen atoms in total. The maximum atomic E-state index is 12.7. The molecule has 5 N–H and O–H groups in total. The Bertz CT molecular complexity index is 835. The zero-order valence-electron chi connectivity index (χ0n) is 18.6. The predicted octanol–water partition coefficient (Wildman–Crippen LogP) is 4.24. The fourth-order valence-corrected chi connectivity index (χ4v) is 2.67. The third-order valence-electron chi connectivity index (χ3n) is 3.96. The molecule has 0 spiro atoms. The van der Waals surface area contributed by atoms with E-state index < -0.39 is 11.9 Å². The Morgan fingerprint density at radius 3 is 2.13 bits per heavy atom. The highest BCUT2D eigenvalue weighted by Crippen LogP contribution is 2.21. The summed E-state index contributed by atoms with van der Waals surface area (Å²) >= 11 is 5.33. The summed E-state index contributed by atoms with van der Waals surface area (Å²) in [6.07, 6.45) is 4.79. The monoisotopic (exact) mass is 433 g/mol. The Morgan fingerprint density at radius 1 is 1.10 bits per heavy atom. The maximum Gasteiger partial charge on any atom is 0.255 e. The standard InChI is InChI=1S/C16H19N5O2S.C4H10.C2H6/c1-2-8-19-15(23)12(10-6-4-3-5-7-10)21-9-20-13(17)11(14(18)22)16(21)24;1-3-4-2;1-2/h3-7,9,12H,2,8,17H2,1H3,(H2,18,22)(H,19,23);3-4H2,1-2H3;1-2H3. The smallest absolute Gasteiger partial charge is 0.255 e. The summed E-state index contributed by atoms with van der Waals surface area (Å²) < 4.78 is 1.52. The second kappa shape index (κ2) is 15.1. The van der Waals surface area contributed by atoms with Gasteiger partial charge in [-0.2, -0.15) is 0 Å². The Hall–Kier alpha value is -2.74. The van der Waals surface area contributed by atoms with E-state index in [4.69, 9.17) is 23.7 Å². The number of carbonyl (C=O) groups is 2. The SMILES string of the molecule is CC.CCCC.CCCNC(=O)C(c1ccccc1)n1cnc(N)c(C(N)=O)c1=S. The van der Waals surface area contributed by atoms with E-state index in [-0.39, 0.29) is 21.9 Å². The molecule has 1 heterocycles. The van der Waals surface area contributed by atoms with E-state index >= 15 is 0 Å². The largest absolute Gasteiger partial charge is 0.383 e. The lowest BCUT2D eigenvalue weighted by atomic mass is 10.1. The van der Waals surface area contributed by atoms with Gasteiger partial charge in [-0.1, -0.05) is 90.0 Å². The topological polar surface area (TPSA) is 116 Å². The van der Waals surface area contributed by atoms with Crippen LogP contribution in [0.4, 0.5) is 5.82 Å². The number of nitrogens with zero attached hydrogens (tertiary/aromatic N) is 2. The lowest BCUT2D eigenvalue weighted by Gasteiger charge is -2.21. The van der Waals surface area contributed by atoms with Crippen LogP contribution in [0.2, 0.25) is 0 Å². The van der Waals surface area contributed by atoms with Crippen LogP contribution >= 0.6 is 12.2 Å². The summed E-state index contributed by atoms with van der Waals surface area (Å²) in [7, 11) is 0. The van der Waals surface area contributed by atoms with Gasteiger partial charge in [0.25, 0.3) is 5.91 Å². The number of amides is 2. The second-order valence-electron chi connectivity index (χ2n) is 6.19. The summed E-state index contributed by atoms with van der Waals surface area (Å²) in [6, 6.07) is 8.32. The minimum absolute atomic E-state index is 0.0514. The number of carbonyl (C=O) groups excluding carboxylic acids is 2. The van der Waals surface area contributed by atoms with Gasteiger partial charge in [0.1, 0.15) is 22.1 Å². The number of unbranched alkanes of at least 4 members (excludes halogenated alkanes) is 1. The summed E-state index contributed by atoms with van der Waals surface area (Å²) in [6.45, 7) is 10.8. The number of nitrogens with two attached hydrogens (primary N) is 2. The first-order valence-electron chi connectivity index (χ1n) is 10.4. The zero-order valence-corrected chi connectivity index (χ0v) is 19.5. The number of nitrogens with one attached hydrogen (secondary N) is 1. The molecular formula is C22H35N5O2S. The van der Waals surface area contributed by atoms with Crippen LogP contribution < -0.4 is 16.8 Å². The number of rotatable bonds is 7. The van der Waals surface area contributed by atoms with Crippen molar-refractivity contribution in [3.63, 3.8) is 0 Å². The number of hydrogen-bond donors (Lipinski definition) is 3. The first-order valence-corrected chi connectivity index (χ1v) is 10.8. The van der Waals surface area contributed by atoms with Crippen LogP contribution in [-0.2, 0) is 4.79 Å². The molecule has 0 aliphatic carbocycles. The van der Waals surface area contributed by atoms with Crippen LogP contribution in [0.15, 0.2) is 36.7 Å². The highest BCUT2D eigenvalue weighted by atomic mass is 32.1. The quantitative estimate of drug-likeness (QED) is 0.565. The molecule has 1 atom stereocenters. The Morgan fingerprint density at radius 2 is 1.67 bits per heavy atom. The van der Waals surface area contributed by atoms with Crippen LogP contribution in [0.5, 0.6) is 0 Å². The third kappa shape index (κ3) is 7.94.